The van der Waals surface area contributed by atoms with Gasteiger partial charge in [0.2, 0.25) is 0 Å². The van der Waals surface area contributed by atoms with Gasteiger partial charge in [-0.15, -0.1) is 0 Å². The fourth-order valence-corrected chi connectivity index (χ4v) is 2.47. The van der Waals surface area contributed by atoms with Crippen molar-refractivity contribution in [3.63, 3.8) is 0 Å². The highest BCUT2D eigenvalue weighted by Gasteiger charge is 2.07. The summed E-state index contributed by atoms with van der Waals surface area (Å²) >= 11 is 0. The molecule has 0 unspecified atom stereocenters. The van der Waals surface area contributed by atoms with E-state index in [4.69, 9.17) is 0 Å². The predicted octanol–water partition coefficient (Wildman–Crippen LogP) is 2.81. The summed E-state index contributed by atoms with van der Waals surface area (Å²) in [5, 5.41) is 24.7. The van der Waals surface area contributed by atoms with Crippen LogP contribution in [0.1, 0.15) is 0 Å². The molecule has 2 aromatic rings. The zero-order chi connectivity index (χ0) is 12.4. The monoisotopic (exact) mass is 248 g/mol. The maximum atomic E-state index is 12.2. The normalized spacial score (nSPS) is 11.1. The number of rotatable bonds is 3. The molecule has 0 radical (unpaired) electrons. The first-order valence-electron chi connectivity index (χ1n) is 5.39. The number of nitrogens with zero attached hydrogens (tertiary/aromatic N) is 1. The average Bonchev–Trinajstić information content (AvgIpc) is 2.28. The summed E-state index contributed by atoms with van der Waals surface area (Å²) in [6.45, 7) is 4.12. The van der Waals surface area contributed by atoms with Crippen molar-refractivity contribution in [1.82, 2.24) is 0 Å². The Morgan fingerprint density at radius 1 is 1.18 bits per heavy atom. The summed E-state index contributed by atoms with van der Waals surface area (Å²) in [5.41, 5.74) is 0.361. The maximum Gasteiger partial charge on any atom is 0.0643 e. The molecule has 2 rings (SSSR count). The smallest absolute Gasteiger partial charge is 0.0643 e. The van der Waals surface area contributed by atoms with Gasteiger partial charge in [-0.25, -0.2) is 0 Å². The molecule has 0 amide bonds. The molecule has 0 spiro atoms. The van der Waals surface area contributed by atoms with Gasteiger partial charge in [-0.1, -0.05) is 44.0 Å². The fourth-order valence-electron chi connectivity index (χ4n) is 1.78. The second kappa shape index (κ2) is 4.91. The van der Waals surface area contributed by atoms with Gasteiger partial charge in [-0.05, 0) is 30.2 Å². The van der Waals surface area contributed by atoms with Crippen LogP contribution in [0.15, 0.2) is 36.4 Å². The lowest BCUT2D eigenvalue weighted by atomic mass is 10.1. The molecule has 0 aliphatic heterocycles. The molecular formula is C13H15NO2P-. The minimum absolute atomic E-state index is 0.109. The van der Waals surface area contributed by atoms with Crippen LogP contribution in [0.25, 0.3) is 10.8 Å². The van der Waals surface area contributed by atoms with Gasteiger partial charge in [0.1, 0.15) is 0 Å². The molecule has 90 valence electrons. The van der Waals surface area contributed by atoms with E-state index in [0.29, 0.717) is 17.4 Å². The van der Waals surface area contributed by atoms with Gasteiger partial charge >= 0.3 is 0 Å². The first kappa shape index (κ1) is 12.2. The van der Waals surface area contributed by atoms with Crippen LogP contribution in [-0.2, 0) is 0 Å². The summed E-state index contributed by atoms with van der Waals surface area (Å²) in [7, 11) is -0.282. The maximum absolute atomic E-state index is 12.2. The van der Waals surface area contributed by atoms with Crippen molar-refractivity contribution >= 4 is 24.4 Å². The summed E-state index contributed by atoms with van der Waals surface area (Å²) in [5.74, 6) is -0.109. The number of hydrogen-bond acceptors (Lipinski definition) is 3. The first-order chi connectivity index (χ1) is 8.09. The van der Waals surface area contributed by atoms with E-state index in [0.717, 1.165) is 10.4 Å². The van der Waals surface area contributed by atoms with E-state index in [2.05, 4.69) is 13.3 Å². The van der Waals surface area contributed by atoms with Gasteiger partial charge in [-0.3, -0.25) is 10.3 Å². The van der Waals surface area contributed by atoms with Gasteiger partial charge in [0.25, 0.3) is 0 Å². The highest BCUT2D eigenvalue weighted by Crippen LogP contribution is 2.35. The molecule has 0 aromatic heterocycles. The lowest BCUT2D eigenvalue weighted by Crippen LogP contribution is -2.19. The van der Waals surface area contributed by atoms with E-state index in [1.54, 1.807) is 12.1 Å². The van der Waals surface area contributed by atoms with Gasteiger partial charge in [-0.2, -0.15) is 0 Å². The highest BCUT2D eigenvalue weighted by molar-refractivity contribution is 7.56. The van der Waals surface area contributed by atoms with Gasteiger partial charge < -0.3 is 5.11 Å². The predicted molar refractivity (Wildman–Crippen MR) is 71.3 cm³/mol. The van der Waals surface area contributed by atoms with Crippen LogP contribution in [-0.4, -0.2) is 24.8 Å². The molecular weight excluding hydrogens is 233 g/mol. The van der Waals surface area contributed by atoms with E-state index < -0.39 is 0 Å². The molecule has 0 atom stereocenters. The number of anilines is 1. The van der Waals surface area contributed by atoms with Crippen LogP contribution < -0.4 is 10.2 Å². The summed E-state index contributed by atoms with van der Waals surface area (Å²) in [6.07, 6.45) is 0.517. The van der Waals surface area contributed by atoms with Crippen LogP contribution in [0.5, 0.6) is 5.75 Å². The molecule has 0 aliphatic carbocycles. The van der Waals surface area contributed by atoms with E-state index >= 15 is 0 Å². The van der Waals surface area contributed by atoms with Crippen molar-refractivity contribution in [3.8, 4) is 5.75 Å². The highest BCUT2D eigenvalue weighted by atomic mass is 31.1. The van der Waals surface area contributed by atoms with Crippen LogP contribution in [0.4, 0.5) is 5.69 Å². The quantitative estimate of drug-likeness (QED) is 0.671. The van der Waals surface area contributed by atoms with Crippen molar-refractivity contribution in [2.24, 2.45) is 0 Å². The van der Waals surface area contributed by atoms with Crippen LogP contribution >= 0.6 is 7.92 Å². The van der Waals surface area contributed by atoms with Gasteiger partial charge in [0.15, 0.2) is 0 Å². The standard InChI is InChI=1S/C13H16NO2P/c1-17(2)9-14(16)12-8-7-10-5-3-4-6-11(10)13(12)15/h3-8,15-16H,9H2,1-2H3/p-1. The van der Waals surface area contributed by atoms with Crippen LogP contribution in [0.2, 0.25) is 0 Å². The van der Waals surface area contributed by atoms with E-state index in [1.165, 1.54) is 0 Å². The van der Waals surface area contributed by atoms with Crippen molar-refractivity contribution < 1.29 is 10.3 Å². The van der Waals surface area contributed by atoms with Gasteiger partial charge in [0, 0.05) is 0 Å². The Morgan fingerprint density at radius 3 is 2.59 bits per heavy atom. The van der Waals surface area contributed by atoms with Crippen molar-refractivity contribution in [1.29, 1.82) is 0 Å². The molecule has 1 N–H and O–H groups in total. The Bertz CT molecular complexity index is 528. The van der Waals surface area contributed by atoms with E-state index in [1.807, 2.05) is 24.3 Å². The zero-order valence-corrected chi connectivity index (χ0v) is 10.8. The van der Waals surface area contributed by atoms with Crippen molar-refractivity contribution in [2.75, 3.05) is 24.7 Å². The lowest BCUT2D eigenvalue weighted by Gasteiger charge is -2.25. The molecule has 0 heterocycles. The molecule has 0 aliphatic rings. The fraction of sp³-hybridized carbons (Fsp3) is 0.231. The Hall–Kier alpha value is -1.31. The molecule has 0 saturated carbocycles. The van der Waals surface area contributed by atoms with Crippen molar-refractivity contribution in [3.05, 3.63) is 36.4 Å². The second-order valence-electron chi connectivity index (χ2n) is 4.26. The number of benzene rings is 2. The molecule has 4 heteroatoms. The van der Waals surface area contributed by atoms with Crippen LogP contribution in [0.3, 0.4) is 0 Å². The average molecular weight is 248 g/mol. The Labute approximate surface area is 102 Å². The topological polar surface area (TPSA) is 46.5 Å². The summed E-state index contributed by atoms with van der Waals surface area (Å²) in [6, 6.07) is 11.0. The summed E-state index contributed by atoms with van der Waals surface area (Å²) in [4.78, 5) is 0. The first-order valence-corrected chi connectivity index (χ1v) is 7.81. The van der Waals surface area contributed by atoms with Crippen molar-refractivity contribution in [2.45, 2.75) is 0 Å². The largest absolute Gasteiger partial charge is 0.871 e. The van der Waals surface area contributed by atoms with Crippen LogP contribution in [0, 0.1) is 0 Å². The minimum Gasteiger partial charge on any atom is -0.871 e. The Balaban J connectivity index is 2.45. The van der Waals surface area contributed by atoms with E-state index in [-0.39, 0.29) is 13.7 Å². The lowest BCUT2D eigenvalue weighted by molar-refractivity contribution is -0.265. The number of fused-ring (bicyclic) bond motifs is 1. The third-order valence-electron chi connectivity index (χ3n) is 2.55. The third kappa shape index (κ3) is 2.51. The zero-order valence-electron chi connectivity index (χ0n) is 9.92. The second-order valence-corrected chi connectivity index (χ2v) is 6.70. The molecule has 3 nitrogen and oxygen atoms in total. The Kier molecular flexibility index (Phi) is 3.51. The number of hydroxylamine groups is 1. The minimum atomic E-state index is -0.282. The molecule has 0 fully saturated rings. The molecule has 0 bridgehead atoms. The molecule has 2 aromatic carbocycles. The Morgan fingerprint density at radius 2 is 1.88 bits per heavy atom. The SMILES string of the molecule is CP(C)CN(O)c1ccc2ccccc2c1[O-]. The third-order valence-corrected chi connectivity index (χ3v) is 3.39. The van der Waals surface area contributed by atoms with E-state index in [9.17, 15) is 10.3 Å². The number of hydrogen-bond donors (Lipinski definition) is 1. The molecule has 17 heavy (non-hydrogen) atoms. The molecule has 0 saturated heterocycles. The summed E-state index contributed by atoms with van der Waals surface area (Å²) < 4.78 is 0. The van der Waals surface area contributed by atoms with Gasteiger partial charge in [0.05, 0.1) is 12.0 Å².